The van der Waals surface area contributed by atoms with Gasteiger partial charge in [0, 0.05) is 15.7 Å². The molecule has 0 unspecified atom stereocenters. The number of amides is 1. The van der Waals surface area contributed by atoms with Gasteiger partial charge in [-0.15, -0.1) is 0 Å². The molecule has 0 spiro atoms. The van der Waals surface area contributed by atoms with E-state index in [0.29, 0.717) is 21.4 Å². The van der Waals surface area contributed by atoms with Crippen molar-refractivity contribution in [1.29, 1.82) is 0 Å². The van der Waals surface area contributed by atoms with Gasteiger partial charge in [0.2, 0.25) is 5.91 Å². The van der Waals surface area contributed by atoms with Crippen molar-refractivity contribution in [3.63, 3.8) is 0 Å². The number of benzene rings is 3. The molecule has 5 nitrogen and oxygen atoms in total. The Morgan fingerprint density at radius 1 is 0.931 bits per heavy atom. The average molecular weight is 449 g/mol. The number of carbonyl (C=O) groups excluding carboxylic acids is 1. The molecular weight excluding hydrogens is 431 g/mol. The minimum Gasteiger partial charge on any atom is -0.324 e. The van der Waals surface area contributed by atoms with Crippen molar-refractivity contribution in [2.24, 2.45) is 0 Å². The molecule has 0 aliphatic heterocycles. The summed E-state index contributed by atoms with van der Waals surface area (Å²) in [6.45, 7) is 1.41. The van der Waals surface area contributed by atoms with Crippen molar-refractivity contribution in [1.82, 2.24) is 0 Å². The van der Waals surface area contributed by atoms with Crippen molar-refractivity contribution >= 4 is 50.5 Å². The van der Waals surface area contributed by atoms with Crippen LogP contribution in [0.5, 0.6) is 0 Å². The molecule has 0 fully saturated rings. The van der Waals surface area contributed by atoms with E-state index in [-0.39, 0.29) is 4.90 Å². The average Bonchev–Trinajstić information content (AvgIpc) is 2.70. The SMILES string of the molecule is Cc1ccc(Cl)cc1NC(=O)CN(c1ccc(Cl)cc1)S(=O)(=O)c1ccccc1. The molecule has 150 valence electrons. The molecule has 3 rings (SSSR count). The van der Waals surface area contributed by atoms with Crippen LogP contribution < -0.4 is 9.62 Å². The number of carbonyl (C=O) groups is 1. The lowest BCUT2D eigenvalue weighted by Gasteiger charge is -2.24. The first-order valence-electron chi connectivity index (χ1n) is 8.67. The van der Waals surface area contributed by atoms with Crippen molar-refractivity contribution in [3.05, 3.63) is 88.4 Å². The zero-order chi connectivity index (χ0) is 21.0. The summed E-state index contributed by atoms with van der Waals surface area (Å²) >= 11 is 11.9. The lowest BCUT2D eigenvalue weighted by Crippen LogP contribution is -2.38. The summed E-state index contributed by atoms with van der Waals surface area (Å²) in [7, 11) is -3.97. The van der Waals surface area contributed by atoms with Crippen LogP contribution in [0.15, 0.2) is 77.7 Å². The molecule has 0 saturated carbocycles. The van der Waals surface area contributed by atoms with Gasteiger partial charge in [-0.05, 0) is 61.0 Å². The minimum absolute atomic E-state index is 0.0849. The van der Waals surface area contributed by atoms with Gasteiger partial charge in [0.1, 0.15) is 6.54 Å². The monoisotopic (exact) mass is 448 g/mol. The van der Waals surface area contributed by atoms with Crippen LogP contribution in [-0.4, -0.2) is 20.9 Å². The molecule has 0 heterocycles. The largest absolute Gasteiger partial charge is 0.324 e. The number of rotatable bonds is 6. The van der Waals surface area contributed by atoms with Crippen LogP contribution in [0.25, 0.3) is 0 Å². The molecule has 0 atom stereocenters. The Morgan fingerprint density at radius 2 is 1.55 bits per heavy atom. The van der Waals surface area contributed by atoms with E-state index in [4.69, 9.17) is 23.2 Å². The van der Waals surface area contributed by atoms with Gasteiger partial charge in [0.25, 0.3) is 10.0 Å². The summed E-state index contributed by atoms with van der Waals surface area (Å²) < 4.78 is 27.5. The van der Waals surface area contributed by atoms with Crippen LogP contribution in [-0.2, 0) is 14.8 Å². The van der Waals surface area contributed by atoms with Gasteiger partial charge in [-0.1, -0.05) is 47.5 Å². The maximum atomic E-state index is 13.2. The van der Waals surface area contributed by atoms with E-state index in [1.807, 2.05) is 6.92 Å². The van der Waals surface area contributed by atoms with E-state index in [1.54, 1.807) is 60.7 Å². The standard InChI is InChI=1S/C21H18Cl2N2O3S/c1-15-7-8-17(23)13-20(15)24-21(26)14-25(18-11-9-16(22)10-12-18)29(27,28)19-5-3-2-4-6-19/h2-13H,14H2,1H3,(H,24,26). The Hall–Kier alpha value is -2.54. The van der Waals surface area contributed by atoms with Crippen molar-refractivity contribution < 1.29 is 13.2 Å². The maximum Gasteiger partial charge on any atom is 0.264 e. The fourth-order valence-corrected chi connectivity index (χ4v) is 4.43. The Balaban J connectivity index is 1.94. The molecular formula is C21H18Cl2N2O3S. The summed E-state index contributed by atoms with van der Waals surface area (Å²) in [4.78, 5) is 12.8. The third-order valence-electron chi connectivity index (χ3n) is 4.21. The predicted molar refractivity (Wildman–Crippen MR) is 117 cm³/mol. The second-order valence-corrected chi connectivity index (χ2v) is 9.04. The highest BCUT2D eigenvalue weighted by Gasteiger charge is 2.27. The predicted octanol–water partition coefficient (Wildman–Crippen LogP) is 5.14. The summed E-state index contributed by atoms with van der Waals surface area (Å²) in [6, 6.07) is 19.3. The van der Waals surface area contributed by atoms with Crippen LogP contribution in [0, 0.1) is 6.92 Å². The number of hydrogen-bond acceptors (Lipinski definition) is 3. The second-order valence-electron chi connectivity index (χ2n) is 6.31. The highest BCUT2D eigenvalue weighted by Crippen LogP contribution is 2.26. The van der Waals surface area contributed by atoms with Crippen molar-refractivity contribution in [3.8, 4) is 0 Å². The van der Waals surface area contributed by atoms with Crippen LogP contribution in [0.2, 0.25) is 10.0 Å². The van der Waals surface area contributed by atoms with Gasteiger partial charge in [-0.2, -0.15) is 0 Å². The first kappa shape index (κ1) is 21.2. The van der Waals surface area contributed by atoms with Crippen LogP contribution in [0.4, 0.5) is 11.4 Å². The molecule has 0 aromatic heterocycles. The lowest BCUT2D eigenvalue weighted by atomic mass is 10.2. The molecule has 1 N–H and O–H groups in total. The molecule has 3 aromatic carbocycles. The number of nitrogens with one attached hydrogen (secondary N) is 1. The van der Waals surface area contributed by atoms with Gasteiger partial charge in [-0.25, -0.2) is 8.42 Å². The lowest BCUT2D eigenvalue weighted by molar-refractivity contribution is -0.114. The molecule has 0 aliphatic carbocycles. The molecule has 8 heteroatoms. The molecule has 1 amide bonds. The van der Waals surface area contributed by atoms with Crippen LogP contribution in [0.1, 0.15) is 5.56 Å². The summed E-state index contributed by atoms with van der Waals surface area (Å²) in [5.74, 6) is -0.496. The third-order valence-corrected chi connectivity index (χ3v) is 6.48. The number of halogens is 2. The Kier molecular flexibility index (Phi) is 6.47. The molecule has 0 aliphatic rings. The summed E-state index contributed by atoms with van der Waals surface area (Å²) in [5, 5.41) is 3.66. The quantitative estimate of drug-likeness (QED) is 0.567. The number of nitrogens with zero attached hydrogens (tertiary/aromatic N) is 1. The van der Waals surface area contributed by atoms with E-state index in [1.165, 1.54) is 12.1 Å². The summed E-state index contributed by atoms with van der Waals surface area (Å²) in [6.07, 6.45) is 0. The Labute approximate surface area is 179 Å². The van der Waals surface area contributed by atoms with Gasteiger partial charge in [0.15, 0.2) is 0 Å². The minimum atomic E-state index is -3.97. The maximum absolute atomic E-state index is 13.2. The highest BCUT2D eigenvalue weighted by atomic mass is 35.5. The molecule has 0 saturated heterocycles. The summed E-state index contributed by atoms with van der Waals surface area (Å²) in [5.41, 5.74) is 1.67. The third kappa shape index (κ3) is 5.09. The van der Waals surface area contributed by atoms with E-state index in [2.05, 4.69) is 5.32 Å². The van der Waals surface area contributed by atoms with Crippen LogP contribution in [0.3, 0.4) is 0 Å². The van der Waals surface area contributed by atoms with Gasteiger partial charge in [0.05, 0.1) is 10.6 Å². The smallest absolute Gasteiger partial charge is 0.264 e. The van der Waals surface area contributed by atoms with Gasteiger partial charge < -0.3 is 5.32 Å². The number of hydrogen-bond donors (Lipinski definition) is 1. The molecule has 0 bridgehead atoms. The van der Waals surface area contributed by atoms with Gasteiger partial charge >= 0.3 is 0 Å². The Morgan fingerprint density at radius 3 is 2.21 bits per heavy atom. The number of sulfonamides is 1. The van der Waals surface area contributed by atoms with Crippen molar-refractivity contribution in [2.45, 2.75) is 11.8 Å². The first-order valence-corrected chi connectivity index (χ1v) is 10.9. The molecule has 0 radical (unpaired) electrons. The first-order chi connectivity index (χ1) is 13.8. The topological polar surface area (TPSA) is 66.5 Å². The zero-order valence-electron chi connectivity index (χ0n) is 15.5. The van der Waals surface area contributed by atoms with Crippen LogP contribution >= 0.6 is 23.2 Å². The number of aryl methyl sites for hydroxylation is 1. The number of anilines is 2. The molecule has 29 heavy (non-hydrogen) atoms. The highest BCUT2D eigenvalue weighted by molar-refractivity contribution is 7.92. The fourth-order valence-electron chi connectivity index (χ4n) is 2.69. The molecule has 3 aromatic rings. The second kappa shape index (κ2) is 8.86. The van der Waals surface area contributed by atoms with E-state index >= 15 is 0 Å². The Bertz CT molecular complexity index is 1120. The fraction of sp³-hybridized carbons (Fsp3) is 0.0952. The van der Waals surface area contributed by atoms with E-state index in [9.17, 15) is 13.2 Å². The van der Waals surface area contributed by atoms with E-state index < -0.39 is 22.5 Å². The zero-order valence-corrected chi connectivity index (χ0v) is 17.8. The van der Waals surface area contributed by atoms with Crippen molar-refractivity contribution in [2.75, 3.05) is 16.2 Å². The van der Waals surface area contributed by atoms with E-state index in [0.717, 1.165) is 9.87 Å². The van der Waals surface area contributed by atoms with Gasteiger partial charge in [-0.3, -0.25) is 9.10 Å². The normalized spacial score (nSPS) is 11.1.